The zero-order valence-electron chi connectivity index (χ0n) is 21.0. The number of hydrogen-bond acceptors (Lipinski definition) is 7. The molecule has 2 bridgehead atoms. The van der Waals surface area contributed by atoms with Crippen LogP contribution in [0.2, 0.25) is 0 Å². The number of aromatic nitrogens is 3. The number of hydrogen-bond donors (Lipinski definition) is 3. The molecule has 11 heteroatoms. The van der Waals surface area contributed by atoms with Crippen LogP contribution in [0.1, 0.15) is 19.8 Å². The van der Waals surface area contributed by atoms with E-state index in [0.717, 1.165) is 17.5 Å². The number of carbonyl (C=O) groups is 3. The standard InChI is InChI=1S/C27H30N6O4S/c1-16-14-20-21(24(35)29-17-8-3-2-4-9-17)22-26(37)32(12-7-13-34)23(27(16,22)38-20)25(36)28-15-33-19-11-6-5-10-18(19)30-31-33/h2-6,8-11,16,20-23,34H,7,12-15H2,1H3,(H,28,36)(H,29,35)/t16?,20-,21+,22+,23?,27?/m1/s1. The van der Waals surface area contributed by atoms with Gasteiger partial charge in [0.1, 0.15) is 18.2 Å². The molecule has 3 amide bonds. The van der Waals surface area contributed by atoms with Gasteiger partial charge >= 0.3 is 0 Å². The van der Waals surface area contributed by atoms with Crippen molar-refractivity contribution in [1.82, 2.24) is 25.2 Å². The van der Waals surface area contributed by atoms with E-state index in [1.54, 1.807) is 21.3 Å². The molecular formula is C27H30N6O4S. The van der Waals surface area contributed by atoms with Gasteiger partial charge < -0.3 is 20.6 Å². The first-order chi connectivity index (χ1) is 18.5. The second kappa shape index (κ2) is 9.70. The fraction of sp³-hybridized carbons (Fsp3) is 0.444. The summed E-state index contributed by atoms with van der Waals surface area (Å²) in [6, 6.07) is 16.0. The molecule has 10 nitrogen and oxygen atoms in total. The minimum absolute atomic E-state index is 0.0442. The molecule has 6 rings (SSSR count). The summed E-state index contributed by atoms with van der Waals surface area (Å²) in [5.74, 6) is -1.71. The van der Waals surface area contributed by atoms with Crippen molar-refractivity contribution in [2.24, 2.45) is 17.8 Å². The molecule has 1 aromatic heterocycles. The van der Waals surface area contributed by atoms with Crippen LogP contribution in [0, 0.1) is 17.8 Å². The number of carbonyl (C=O) groups excluding carboxylic acids is 3. The average molecular weight is 535 g/mol. The lowest BCUT2D eigenvalue weighted by molar-refractivity contribution is -0.139. The van der Waals surface area contributed by atoms with Crippen molar-refractivity contribution < 1.29 is 19.5 Å². The number of amides is 3. The van der Waals surface area contributed by atoms with E-state index in [2.05, 4.69) is 27.9 Å². The first kappa shape index (κ1) is 24.9. The number of thioether (sulfide) groups is 1. The van der Waals surface area contributed by atoms with Crippen LogP contribution in [0.4, 0.5) is 5.69 Å². The quantitative estimate of drug-likeness (QED) is 0.402. The van der Waals surface area contributed by atoms with Gasteiger partial charge in [0.2, 0.25) is 17.7 Å². The largest absolute Gasteiger partial charge is 0.396 e. The lowest BCUT2D eigenvalue weighted by Gasteiger charge is -2.38. The summed E-state index contributed by atoms with van der Waals surface area (Å²) in [5, 5.41) is 23.8. The maximum atomic E-state index is 14.0. The van der Waals surface area contributed by atoms with Crippen LogP contribution in [-0.4, -0.2) is 71.9 Å². The maximum Gasteiger partial charge on any atom is 0.245 e. The van der Waals surface area contributed by atoms with E-state index in [0.29, 0.717) is 12.1 Å². The van der Waals surface area contributed by atoms with Gasteiger partial charge in [0.05, 0.1) is 22.1 Å². The van der Waals surface area contributed by atoms with Crippen LogP contribution in [0.15, 0.2) is 54.6 Å². The third-order valence-corrected chi connectivity index (χ3v) is 10.3. The van der Waals surface area contributed by atoms with E-state index in [9.17, 15) is 19.5 Å². The number of aliphatic hydroxyl groups is 1. The Balaban J connectivity index is 1.30. The smallest absolute Gasteiger partial charge is 0.245 e. The molecule has 4 heterocycles. The molecule has 3 N–H and O–H groups in total. The predicted molar refractivity (Wildman–Crippen MR) is 143 cm³/mol. The summed E-state index contributed by atoms with van der Waals surface area (Å²) in [6.07, 6.45) is 1.11. The Hall–Kier alpha value is -3.44. The topological polar surface area (TPSA) is 129 Å². The van der Waals surface area contributed by atoms with Crippen molar-refractivity contribution in [3.8, 4) is 0 Å². The molecule has 3 fully saturated rings. The minimum atomic E-state index is -0.749. The fourth-order valence-electron chi connectivity index (χ4n) is 6.63. The molecule has 3 aromatic rings. The number of aliphatic hydroxyl groups excluding tert-OH is 1. The van der Waals surface area contributed by atoms with Gasteiger partial charge in [0.15, 0.2) is 0 Å². The Kier molecular flexibility index (Phi) is 6.35. The van der Waals surface area contributed by atoms with Crippen LogP contribution in [-0.2, 0) is 21.1 Å². The van der Waals surface area contributed by atoms with E-state index >= 15 is 0 Å². The van der Waals surface area contributed by atoms with E-state index in [-0.39, 0.29) is 48.7 Å². The van der Waals surface area contributed by atoms with E-state index in [1.807, 2.05) is 54.6 Å². The van der Waals surface area contributed by atoms with Crippen molar-refractivity contribution in [1.29, 1.82) is 0 Å². The van der Waals surface area contributed by atoms with E-state index in [4.69, 9.17) is 0 Å². The first-order valence-corrected chi connectivity index (χ1v) is 13.8. The highest BCUT2D eigenvalue weighted by Crippen LogP contribution is 2.68. The second-order valence-corrected chi connectivity index (χ2v) is 11.8. The van der Waals surface area contributed by atoms with Crippen LogP contribution >= 0.6 is 11.8 Å². The third-order valence-electron chi connectivity index (χ3n) is 8.22. The molecule has 38 heavy (non-hydrogen) atoms. The molecule has 0 radical (unpaired) electrons. The predicted octanol–water partition coefficient (Wildman–Crippen LogP) is 1.86. The molecule has 6 atom stereocenters. The number of rotatable bonds is 8. The highest BCUT2D eigenvalue weighted by Gasteiger charge is 2.75. The van der Waals surface area contributed by atoms with Gasteiger partial charge in [0.25, 0.3) is 0 Å². The molecular weight excluding hydrogens is 504 g/mol. The molecule has 3 aliphatic rings. The summed E-state index contributed by atoms with van der Waals surface area (Å²) in [7, 11) is 0. The summed E-state index contributed by atoms with van der Waals surface area (Å²) in [4.78, 5) is 43.0. The number of likely N-dealkylation sites (tertiary alicyclic amines) is 1. The van der Waals surface area contributed by atoms with E-state index < -0.39 is 22.6 Å². The number of nitrogens with zero attached hydrogens (tertiary/aromatic N) is 4. The number of fused-ring (bicyclic) bond motifs is 2. The molecule has 1 spiro atoms. The molecule has 3 unspecified atom stereocenters. The molecule has 0 aliphatic carbocycles. The van der Waals surface area contributed by atoms with Gasteiger partial charge in [-0.2, -0.15) is 0 Å². The van der Waals surface area contributed by atoms with Crippen LogP contribution in [0.25, 0.3) is 11.0 Å². The Morgan fingerprint density at radius 3 is 2.68 bits per heavy atom. The number of anilines is 1. The van der Waals surface area contributed by atoms with Crippen molar-refractivity contribution in [2.45, 2.75) is 42.5 Å². The van der Waals surface area contributed by atoms with Crippen molar-refractivity contribution in [3.05, 3.63) is 54.6 Å². The lowest BCUT2D eigenvalue weighted by atomic mass is 9.66. The van der Waals surface area contributed by atoms with Crippen LogP contribution in [0.3, 0.4) is 0 Å². The molecule has 0 saturated carbocycles. The monoisotopic (exact) mass is 534 g/mol. The fourth-order valence-corrected chi connectivity index (χ4v) is 9.05. The summed E-state index contributed by atoms with van der Waals surface area (Å²) in [5.41, 5.74) is 2.21. The number of para-hydroxylation sites is 2. The van der Waals surface area contributed by atoms with Gasteiger partial charge in [-0.25, -0.2) is 4.68 Å². The second-order valence-electron chi connectivity index (χ2n) is 10.3. The van der Waals surface area contributed by atoms with Crippen LogP contribution in [0.5, 0.6) is 0 Å². The number of benzene rings is 2. The highest BCUT2D eigenvalue weighted by atomic mass is 32.2. The number of nitrogens with one attached hydrogen (secondary N) is 2. The average Bonchev–Trinajstić information content (AvgIpc) is 3.64. The minimum Gasteiger partial charge on any atom is -0.396 e. The van der Waals surface area contributed by atoms with Gasteiger partial charge in [-0.1, -0.05) is 42.5 Å². The lowest BCUT2D eigenvalue weighted by Crippen LogP contribution is -2.56. The molecule has 3 aliphatic heterocycles. The van der Waals surface area contributed by atoms with Gasteiger partial charge in [-0.3, -0.25) is 14.4 Å². The Labute approximate surface area is 224 Å². The SMILES string of the molecule is CC1C[C@H]2SC13C(C(=O)NCn1nnc4ccccc41)N(CCCO)C(=O)[C@@H]3[C@H]2C(=O)Nc1ccccc1. The summed E-state index contributed by atoms with van der Waals surface area (Å²) < 4.78 is 0.903. The Bertz CT molecular complexity index is 1380. The normalized spacial score (nSPS) is 29.6. The maximum absolute atomic E-state index is 14.0. The molecule has 198 valence electrons. The van der Waals surface area contributed by atoms with Crippen molar-refractivity contribution in [3.63, 3.8) is 0 Å². The van der Waals surface area contributed by atoms with Crippen LogP contribution < -0.4 is 10.6 Å². The van der Waals surface area contributed by atoms with Crippen molar-refractivity contribution in [2.75, 3.05) is 18.5 Å². The van der Waals surface area contributed by atoms with Gasteiger partial charge in [-0.15, -0.1) is 16.9 Å². The Morgan fingerprint density at radius 1 is 1.13 bits per heavy atom. The third kappa shape index (κ3) is 3.79. The zero-order valence-corrected chi connectivity index (χ0v) is 21.8. The zero-order chi connectivity index (χ0) is 26.4. The van der Waals surface area contributed by atoms with Gasteiger partial charge in [0, 0.05) is 24.1 Å². The highest BCUT2D eigenvalue weighted by molar-refractivity contribution is 8.02. The molecule has 2 aromatic carbocycles. The molecule has 3 saturated heterocycles. The van der Waals surface area contributed by atoms with E-state index in [1.165, 1.54) is 0 Å². The summed E-state index contributed by atoms with van der Waals surface area (Å²) in [6.45, 7) is 2.35. The van der Waals surface area contributed by atoms with Gasteiger partial charge in [-0.05, 0) is 43.0 Å². The first-order valence-electron chi connectivity index (χ1n) is 13.0. The van der Waals surface area contributed by atoms with Crippen molar-refractivity contribution >= 4 is 46.2 Å². The summed E-state index contributed by atoms with van der Waals surface area (Å²) >= 11 is 1.63. The Morgan fingerprint density at radius 2 is 1.89 bits per heavy atom.